The quantitative estimate of drug-likeness (QED) is 0.563. The molecule has 0 spiro atoms. The molecule has 0 unspecified atom stereocenters. The molecule has 0 fully saturated rings. The predicted molar refractivity (Wildman–Crippen MR) is 126 cm³/mol. The molecule has 3 aromatic rings. The van der Waals surface area contributed by atoms with Crippen LogP contribution in [0.2, 0.25) is 0 Å². The first-order valence-electron chi connectivity index (χ1n) is 10.9. The molecule has 0 bridgehead atoms. The highest BCUT2D eigenvalue weighted by Crippen LogP contribution is 2.29. The average Bonchev–Trinajstić information content (AvgIpc) is 3.14. The molecule has 0 amide bonds. The van der Waals surface area contributed by atoms with Crippen LogP contribution in [-0.4, -0.2) is 44.5 Å². The molecular formula is C23H28N6O3S. The van der Waals surface area contributed by atoms with Crippen molar-refractivity contribution < 1.29 is 13.2 Å². The Morgan fingerprint density at radius 2 is 1.82 bits per heavy atom. The minimum absolute atomic E-state index is 0.146. The Morgan fingerprint density at radius 3 is 2.55 bits per heavy atom. The fourth-order valence-electron chi connectivity index (χ4n) is 3.66. The van der Waals surface area contributed by atoms with Crippen LogP contribution in [0.25, 0.3) is 11.8 Å². The van der Waals surface area contributed by atoms with Gasteiger partial charge in [0.1, 0.15) is 17.2 Å². The Balaban J connectivity index is 1.70. The van der Waals surface area contributed by atoms with Gasteiger partial charge in [-0.05, 0) is 51.3 Å². The first-order valence-corrected chi connectivity index (χ1v) is 12.5. The van der Waals surface area contributed by atoms with Gasteiger partial charge in [-0.15, -0.1) is 10.2 Å². The van der Waals surface area contributed by atoms with Crippen molar-refractivity contribution in [1.29, 1.82) is 0 Å². The number of benzene rings is 1. The molecule has 0 saturated heterocycles. The fourth-order valence-corrected chi connectivity index (χ4v) is 4.74. The summed E-state index contributed by atoms with van der Waals surface area (Å²) in [5, 5.41) is 7.45. The van der Waals surface area contributed by atoms with Crippen molar-refractivity contribution >= 4 is 22.0 Å². The van der Waals surface area contributed by atoms with Gasteiger partial charge in [0.25, 0.3) is 0 Å². The van der Waals surface area contributed by atoms with E-state index in [2.05, 4.69) is 31.0 Å². The highest BCUT2D eigenvalue weighted by atomic mass is 32.2. The van der Waals surface area contributed by atoms with Gasteiger partial charge in [0.2, 0.25) is 16.0 Å². The van der Waals surface area contributed by atoms with Gasteiger partial charge in [-0.2, -0.15) is 0 Å². The number of para-hydroxylation sites is 1. The van der Waals surface area contributed by atoms with Crippen LogP contribution in [0, 0.1) is 6.92 Å². The molecule has 33 heavy (non-hydrogen) atoms. The highest BCUT2D eigenvalue weighted by molar-refractivity contribution is 7.93. The molecule has 1 aromatic carbocycles. The van der Waals surface area contributed by atoms with Crippen LogP contribution in [0.1, 0.15) is 56.1 Å². The maximum atomic E-state index is 13.5. The largest absolute Gasteiger partial charge is 0.366 e. The molecule has 9 nitrogen and oxygen atoms in total. The summed E-state index contributed by atoms with van der Waals surface area (Å²) < 4.78 is 37.3. The Bertz CT molecular complexity index is 1250. The lowest BCUT2D eigenvalue weighted by molar-refractivity contribution is 0.00152. The van der Waals surface area contributed by atoms with Crippen molar-refractivity contribution in [3.8, 4) is 5.69 Å². The Labute approximate surface area is 194 Å². The molecule has 0 saturated carbocycles. The van der Waals surface area contributed by atoms with Gasteiger partial charge >= 0.3 is 0 Å². The summed E-state index contributed by atoms with van der Waals surface area (Å²) in [6.07, 6.45) is 7.77. The van der Waals surface area contributed by atoms with Crippen LogP contribution < -0.4 is 4.72 Å². The topological polar surface area (TPSA) is 112 Å². The van der Waals surface area contributed by atoms with Gasteiger partial charge < -0.3 is 4.74 Å². The van der Waals surface area contributed by atoms with Crippen LogP contribution in [0.4, 0.5) is 5.95 Å². The SMILES string of the molecule is Cc1cnc([C@H](OC(C)C)[C@H](C)S(=O)(=O)Nc2nnc3n2-c2ccccc2/C=C\CC3)nc1. The third-order valence-corrected chi connectivity index (χ3v) is 7.06. The van der Waals surface area contributed by atoms with E-state index < -0.39 is 21.4 Å². The number of aryl methyl sites for hydroxylation is 2. The second-order valence-corrected chi connectivity index (χ2v) is 10.4. The monoisotopic (exact) mass is 468 g/mol. The molecule has 3 heterocycles. The molecule has 0 aliphatic carbocycles. The summed E-state index contributed by atoms with van der Waals surface area (Å²) in [5.41, 5.74) is 2.65. The predicted octanol–water partition coefficient (Wildman–Crippen LogP) is 3.62. The summed E-state index contributed by atoms with van der Waals surface area (Å²) in [6.45, 7) is 7.15. The van der Waals surface area contributed by atoms with E-state index in [0.29, 0.717) is 18.1 Å². The minimum atomic E-state index is -3.94. The standard InChI is InChI=1S/C23H28N6O3S/c1-15(2)32-21(22-24-13-16(3)14-25-22)17(4)33(30,31)28-23-27-26-20-12-8-6-10-18-9-5-7-11-19(18)29(20)23/h5-7,9-11,13-15,17,21H,8,12H2,1-4H3,(H,27,28)/b10-6-/t17-,21+/m0/s1. The molecule has 4 rings (SSSR count). The third kappa shape index (κ3) is 4.96. The number of hydrogen-bond acceptors (Lipinski definition) is 7. The number of allylic oxidation sites excluding steroid dienone is 1. The van der Waals surface area contributed by atoms with Crippen LogP contribution in [0.15, 0.2) is 42.7 Å². The van der Waals surface area contributed by atoms with Gasteiger partial charge in [-0.3, -0.25) is 9.29 Å². The number of nitrogens with zero attached hydrogens (tertiary/aromatic N) is 5. The number of sulfonamides is 1. The Hall–Kier alpha value is -3.11. The Kier molecular flexibility index (Phi) is 6.57. The zero-order chi connectivity index (χ0) is 23.6. The maximum Gasteiger partial charge on any atom is 0.242 e. The maximum absolute atomic E-state index is 13.5. The van der Waals surface area contributed by atoms with Crippen LogP contribution >= 0.6 is 0 Å². The summed E-state index contributed by atoms with van der Waals surface area (Å²) in [4.78, 5) is 8.63. The number of nitrogens with one attached hydrogen (secondary N) is 1. The lowest BCUT2D eigenvalue weighted by Gasteiger charge is -2.25. The third-order valence-electron chi connectivity index (χ3n) is 5.36. The van der Waals surface area contributed by atoms with E-state index >= 15 is 0 Å². The first-order chi connectivity index (χ1) is 15.8. The normalized spacial score (nSPS) is 16.3. The second-order valence-electron chi connectivity index (χ2n) is 8.35. The van der Waals surface area contributed by atoms with Crippen molar-refractivity contribution in [3.63, 3.8) is 0 Å². The summed E-state index contributed by atoms with van der Waals surface area (Å²) in [6, 6.07) is 7.74. The molecule has 10 heteroatoms. The fraction of sp³-hybridized carbons (Fsp3) is 0.391. The van der Waals surface area contributed by atoms with E-state index in [9.17, 15) is 8.42 Å². The number of aromatic nitrogens is 5. The molecule has 1 aliphatic rings. The number of rotatable bonds is 7. The second kappa shape index (κ2) is 9.40. The first kappa shape index (κ1) is 23.1. The van der Waals surface area contributed by atoms with E-state index in [4.69, 9.17) is 4.74 Å². The van der Waals surface area contributed by atoms with Crippen molar-refractivity contribution in [2.75, 3.05) is 4.72 Å². The summed E-state index contributed by atoms with van der Waals surface area (Å²) >= 11 is 0. The molecule has 1 N–H and O–H groups in total. The highest BCUT2D eigenvalue weighted by Gasteiger charge is 2.35. The van der Waals surface area contributed by atoms with Crippen molar-refractivity contribution in [2.45, 2.75) is 58.0 Å². The van der Waals surface area contributed by atoms with Gasteiger partial charge in [0.15, 0.2) is 5.82 Å². The molecule has 2 aromatic heterocycles. The van der Waals surface area contributed by atoms with E-state index in [-0.39, 0.29) is 12.1 Å². The zero-order valence-corrected chi connectivity index (χ0v) is 20.0. The molecule has 0 radical (unpaired) electrons. The molecular weight excluding hydrogens is 440 g/mol. The smallest absolute Gasteiger partial charge is 0.242 e. The average molecular weight is 469 g/mol. The van der Waals surface area contributed by atoms with Gasteiger partial charge in [0.05, 0.1) is 11.8 Å². The summed E-state index contributed by atoms with van der Waals surface area (Å²) in [7, 11) is -3.94. The van der Waals surface area contributed by atoms with Crippen LogP contribution in [-0.2, 0) is 21.2 Å². The number of fused-ring (bicyclic) bond motifs is 3. The zero-order valence-electron chi connectivity index (χ0n) is 19.1. The molecule has 1 aliphatic heterocycles. The lowest BCUT2D eigenvalue weighted by atomic mass is 10.1. The Morgan fingerprint density at radius 1 is 1.09 bits per heavy atom. The van der Waals surface area contributed by atoms with E-state index in [1.807, 2.05) is 51.1 Å². The van der Waals surface area contributed by atoms with Crippen LogP contribution in [0.3, 0.4) is 0 Å². The van der Waals surface area contributed by atoms with Gasteiger partial charge in [-0.1, -0.05) is 30.4 Å². The number of ether oxygens (including phenoxy) is 1. The van der Waals surface area contributed by atoms with Crippen LogP contribution in [0.5, 0.6) is 0 Å². The molecule has 174 valence electrons. The van der Waals surface area contributed by atoms with E-state index in [0.717, 1.165) is 23.2 Å². The lowest BCUT2D eigenvalue weighted by Crippen LogP contribution is -2.35. The van der Waals surface area contributed by atoms with Crippen molar-refractivity contribution in [3.05, 3.63) is 65.5 Å². The summed E-state index contributed by atoms with van der Waals surface area (Å²) in [5.74, 6) is 1.15. The number of hydrogen-bond donors (Lipinski definition) is 1. The van der Waals surface area contributed by atoms with Crippen molar-refractivity contribution in [1.82, 2.24) is 24.7 Å². The minimum Gasteiger partial charge on any atom is -0.366 e. The van der Waals surface area contributed by atoms with E-state index in [1.54, 1.807) is 23.9 Å². The van der Waals surface area contributed by atoms with Gasteiger partial charge in [-0.25, -0.2) is 18.4 Å². The van der Waals surface area contributed by atoms with Crippen molar-refractivity contribution in [2.24, 2.45) is 0 Å². The van der Waals surface area contributed by atoms with Gasteiger partial charge in [0, 0.05) is 18.8 Å². The number of anilines is 1. The van der Waals surface area contributed by atoms with E-state index in [1.165, 1.54) is 0 Å². The molecule has 2 atom stereocenters.